The van der Waals surface area contributed by atoms with Gasteiger partial charge in [0.05, 0.1) is 18.3 Å². The van der Waals surface area contributed by atoms with Crippen LogP contribution >= 0.6 is 0 Å². The second-order valence-corrected chi connectivity index (χ2v) is 4.74. The zero-order valence-electron chi connectivity index (χ0n) is 11.7. The molecule has 0 aliphatic rings. The molecule has 2 heterocycles. The van der Waals surface area contributed by atoms with E-state index in [-0.39, 0.29) is 5.82 Å². The quantitative estimate of drug-likeness (QED) is 0.783. The van der Waals surface area contributed by atoms with E-state index in [0.717, 1.165) is 0 Å². The summed E-state index contributed by atoms with van der Waals surface area (Å²) in [7, 11) is 1.57. The van der Waals surface area contributed by atoms with Crippen molar-refractivity contribution in [1.82, 2.24) is 9.97 Å². The van der Waals surface area contributed by atoms with Crippen LogP contribution in [-0.2, 0) is 0 Å². The second-order valence-electron chi connectivity index (χ2n) is 4.74. The first-order valence-corrected chi connectivity index (χ1v) is 6.46. The Bertz CT molecular complexity index is 833. The smallest absolute Gasteiger partial charge is 0.140 e. The molecule has 4 nitrogen and oxygen atoms in total. The summed E-state index contributed by atoms with van der Waals surface area (Å²) in [4.78, 5) is 8.53. The number of fused-ring (bicyclic) bond motifs is 1. The monoisotopic (exact) mass is 283 g/mol. The molecule has 0 bridgehead atoms. The van der Waals surface area contributed by atoms with Gasteiger partial charge in [-0.2, -0.15) is 0 Å². The number of nitrogen functional groups attached to an aromatic ring is 1. The molecule has 0 aliphatic carbocycles. The van der Waals surface area contributed by atoms with Crippen LogP contribution in [0.1, 0.15) is 5.69 Å². The van der Waals surface area contributed by atoms with Crippen molar-refractivity contribution >= 4 is 16.7 Å². The molecule has 0 spiro atoms. The highest BCUT2D eigenvalue weighted by molar-refractivity contribution is 5.86. The van der Waals surface area contributed by atoms with Gasteiger partial charge >= 0.3 is 0 Å². The number of nitrogens with two attached hydrogens (primary N) is 1. The van der Waals surface area contributed by atoms with E-state index >= 15 is 0 Å². The first kappa shape index (κ1) is 13.3. The highest BCUT2D eigenvalue weighted by atomic mass is 19.1. The molecule has 0 saturated heterocycles. The van der Waals surface area contributed by atoms with Gasteiger partial charge in [0.2, 0.25) is 0 Å². The molecule has 106 valence electrons. The molecule has 0 fully saturated rings. The molecule has 2 aromatic heterocycles. The molecule has 1 aromatic carbocycles. The third-order valence-corrected chi connectivity index (χ3v) is 3.40. The van der Waals surface area contributed by atoms with Crippen LogP contribution in [0, 0.1) is 12.7 Å². The molecule has 21 heavy (non-hydrogen) atoms. The fraction of sp³-hybridized carbons (Fsp3) is 0.125. The fourth-order valence-corrected chi connectivity index (χ4v) is 2.30. The van der Waals surface area contributed by atoms with Gasteiger partial charge in [-0.25, -0.2) is 9.37 Å². The van der Waals surface area contributed by atoms with Crippen molar-refractivity contribution in [2.45, 2.75) is 6.92 Å². The van der Waals surface area contributed by atoms with Crippen LogP contribution in [-0.4, -0.2) is 17.1 Å². The minimum atomic E-state index is -0.313. The van der Waals surface area contributed by atoms with Gasteiger partial charge in [-0.3, -0.25) is 4.98 Å². The Morgan fingerprint density at radius 2 is 2.05 bits per heavy atom. The summed E-state index contributed by atoms with van der Waals surface area (Å²) >= 11 is 0. The Kier molecular flexibility index (Phi) is 3.17. The van der Waals surface area contributed by atoms with E-state index in [4.69, 9.17) is 10.5 Å². The second kappa shape index (κ2) is 5.01. The van der Waals surface area contributed by atoms with Gasteiger partial charge in [0, 0.05) is 22.7 Å². The third kappa shape index (κ3) is 2.27. The van der Waals surface area contributed by atoms with E-state index in [1.165, 1.54) is 6.07 Å². The van der Waals surface area contributed by atoms with E-state index < -0.39 is 0 Å². The van der Waals surface area contributed by atoms with E-state index in [2.05, 4.69) is 9.97 Å². The maximum atomic E-state index is 13.9. The largest absolute Gasteiger partial charge is 0.495 e. The first-order valence-electron chi connectivity index (χ1n) is 6.46. The standard InChI is InChI=1S/C16H14FN3O/c1-9-15(21-2)7-11(16(18)20-9)10-6-12-13(17)4-3-5-14(12)19-8-10/h3-8H,1-2H3,(H2,18,20). The lowest BCUT2D eigenvalue weighted by atomic mass is 10.1. The summed E-state index contributed by atoms with van der Waals surface area (Å²) in [5.41, 5.74) is 8.66. The molecular weight excluding hydrogens is 269 g/mol. The molecule has 0 atom stereocenters. The maximum Gasteiger partial charge on any atom is 0.140 e. The number of halogens is 1. The molecule has 2 N–H and O–H groups in total. The summed E-state index contributed by atoms with van der Waals surface area (Å²) in [6, 6.07) is 8.32. The lowest BCUT2D eigenvalue weighted by molar-refractivity contribution is 0.409. The van der Waals surface area contributed by atoms with Crippen molar-refractivity contribution in [2.24, 2.45) is 0 Å². The van der Waals surface area contributed by atoms with Crippen molar-refractivity contribution in [2.75, 3.05) is 12.8 Å². The number of anilines is 1. The number of ether oxygens (including phenoxy) is 1. The predicted octanol–water partition coefficient (Wildman–Crippen LogP) is 3.34. The first-order chi connectivity index (χ1) is 10.1. The normalized spacial score (nSPS) is 10.8. The zero-order chi connectivity index (χ0) is 15.0. The van der Waals surface area contributed by atoms with E-state index in [0.29, 0.717) is 39.3 Å². The number of nitrogens with zero attached hydrogens (tertiary/aromatic N) is 2. The fourth-order valence-electron chi connectivity index (χ4n) is 2.30. The van der Waals surface area contributed by atoms with Crippen LogP contribution in [0.4, 0.5) is 10.2 Å². The van der Waals surface area contributed by atoms with Gasteiger partial charge < -0.3 is 10.5 Å². The molecule has 0 aliphatic heterocycles. The molecule has 0 radical (unpaired) electrons. The molecule has 3 aromatic rings. The van der Waals surface area contributed by atoms with Gasteiger partial charge in [-0.05, 0) is 31.2 Å². The van der Waals surface area contributed by atoms with Crippen LogP contribution in [0.5, 0.6) is 5.75 Å². The number of pyridine rings is 2. The summed E-state index contributed by atoms with van der Waals surface area (Å²) in [5, 5.41) is 0.453. The predicted molar refractivity (Wildman–Crippen MR) is 80.6 cm³/mol. The minimum Gasteiger partial charge on any atom is -0.495 e. The van der Waals surface area contributed by atoms with Crippen LogP contribution in [0.15, 0.2) is 36.5 Å². The number of benzene rings is 1. The Morgan fingerprint density at radius 3 is 2.81 bits per heavy atom. The number of rotatable bonds is 2. The lowest BCUT2D eigenvalue weighted by Crippen LogP contribution is -1.99. The maximum absolute atomic E-state index is 13.9. The van der Waals surface area contributed by atoms with E-state index in [1.54, 1.807) is 37.6 Å². The topological polar surface area (TPSA) is 61.0 Å². The van der Waals surface area contributed by atoms with Crippen LogP contribution in [0.2, 0.25) is 0 Å². The molecule has 3 rings (SSSR count). The van der Waals surface area contributed by atoms with E-state index in [9.17, 15) is 4.39 Å². The summed E-state index contributed by atoms with van der Waals surface area (Å²) in [5.74, 6) is 0.686. The summed E-state index contributed by atoms with van der Waals surface area (Å²) in [6.07, 6.45) is 1.66. The number of aryl methyl sites for hydroxylation is 1. The third-order valence-electron chi connectivity index (χ3n) is 3.40. The molecule has 5 heteroatoms. The number of hydrogen-bond acceptors (Lipinski definition) is 4. The van der Waals surface area contributed by atoms with Gasteiger partial charge in [0.1, 0.15) is 17.4 Å². The zero-order valence-corrected chi connectivity index (χ0v) is 11.7. The average molecular weight is 283 g/mol. The summed E-state index contributed by atoms with van der Waals surface area (Å²) in [6.45, 7) is 1.82. The SMILES string of the molecule is COc1cc(-c2cnc3cccc(F)c3c2)c(N)nc1C. The summed E-state index contributed by atoms with van der Waals surface area (Å²) < 4.78 is 19.1. The Balaban J connectivity index is 2.23. The van der Waals surface area contributed by atoms with Crippen molar-refractivity contribution in [3.8, 4) is 16.9 Å². The van der Waals surface area contributed by atoms with Gasteiger partial charge in [-0.1, -0.05) is 6.07 Å². The highest BCUT2D eigenvalue weighted by Crippen LogP contribution is 2.31. The van der Waals surface area contributed by atoms with Gasteiger partial charge in [-0.15, -0.1) is 0 Å². The van der Waals surface area contributed by atoms with Crippen molar-refractivity contribution in [3.05, 3.63) is 48.0 Å². The number of methoxy groups -OCH3 is 1. The number of hydrogen-bond donors (Lipinski definition) is 1. The van der Waals surface area contributed by atoms with Crippen LogP contribution in [0.3, 0.4) is 0 Å². The molecule has 0 amide bonds. The molecule has 0 saturated carbocycles. The highest BCUT2D eigenvalue weighted by Gasteiger charge is 2.11. The minimum absolute atomic E-state index is 0.313. The van der Waals surface area contributed by atoms with Crippen molar-refractivity contribution < 1.29 is 9.13 Å². The van der Waals surface area contributed by atoms with Crippen LogP contribution < -0.4 is 10.5 Å². The Hall–Kier alpha value is -2.69. The van der Waals surface area contributed by atoms with Crippen molar-refractivity contribution in [3.63, 3.8) is 0 Å². The van der Waals surface area contributed by atoms with Gasteiger partial charge in [0.15, 0.2) is 0 Å². The number of aromatic nitrogens is 2. The van der Waals surface area contributed by atoms with Gasteiger partial charge in [0.25, 0.3) is 0 Å². The Labute approximate surface area is 121 Å². The lowest BCUT2D eigenvalue weighted by Gasteiger charge is -2.11. The average Bonchev–Trinajstić information content (AvgIpc) is 2.48. The van der Waals surface area contributed by atoms with Crippen LogP contribution in [0.25, 0.3) is 22.0 Å². The molecular formula is C16H14FN3O. The molecule has 0 unspecified atom stereocenters. The Morgan fingerprint density at radius 1 is 1.24 bits per heavy atom. The van der Waals surface area contributed by atoms with Crippen molar-refractivity contribution in [1.29, 1.82) is 0 Å². The van der Waals surface area contributed by atoms with E-state index in [1.807, 2.05) is 6.92 Å².